The van der Waals surface area contributed by atoms with Crippen LogP contribution in [0.4, 0.5) is 14.6 Å². The van der Waals surface area contributed by atoms with E-state index in [1.165, 1.54) is 17.7 Å². The molecule has 0 aliphatic heterocycles. The van der Waals surface area contributed by atoms with Crippen LogP contribution in [0, 0.1) is 11.6 Å². The van der Waals surface area contributed by atoms with E-state index in [9.17, 15) is 13.6 Å². The summed E-state index contributed by atoms with van der Waals surface area (Å²) in [5.41, 5.74) is 5.26. The fourth-order valence-corrected chi connectivity index (χ4v) is 1.90. The highest BCUT2D eigenvalue weighted by Crippen LogP contribution is 2.20. The zero-order valence-corrected chi connectivity index (χ0v) is 10.8. The van der Waals surface area contributed by atoms with Crippen molar-refractivity contribution in [1.29, 1.82) is 0 Å². The van der Waals surface area contributed by atoms with Crippen LogP contribution in [0.3, 0.4) is 0 Å². The summed E-state index contributed by atoms with van der Waals surface area (Å²) in [6.45, 7) is 1.44. The predicted molar refractivity (Wildman–Crippen MR) is 69.6 cm³/mol. The number of benzene rings is 1. The SMILES string of the molecule is CC(NC(=O)Cn1ccc(N)n1)c1c(F)cccc1F. The van der Waals surface area contributed by atoms with E-state index in [0.29, 0.717) is 5.82 Å². The zero-order chi connectivity index (χ0) is 14.7. The van der Waals surface area contributed by atoms with Crippen LogP contribution in [-0.2, 0) is 11.3 Å². The lowest BCUT2D eigenvalue weighted by Gasteiger charge is -2.15. The molecule has 0 radical (unpaired) electrons. The Labute approximate surface area is 114 Å². The Balaban J connectivity index is 2.04. The number of amides is 1. The molecule has 7 heteroatoms. The van der Waals surface area contributed by atoms with E-state index >= 15 is 0 Å². The van der Waals surface area contributed by atoms with Gasteiger partial charge < -0.3 is 11.1 Å². The molecule has 1 aromatic carbocycles. The molecule has 0 aliphatic rings. The van der Waals surface area contributed by atoms with Crippen molar-refractivity contribution >= 4 is 11.7 Å². The van der Waals surface area contributed by atoms with Gasteiger partial charge in [0.1, 0.15) is 24.0 Å². The van der Waals surface area contributed by atoms with Gasteiger partial charge in [-0.05, 0) is 25.1 Å². The van der Waals surface area contributed by atoms with Crippen molar-refractivity contribution in [3.8, 4) is 0 Å². The molecule has 2 rings (SSSR count). The second kappa shape index (κ2) is 5.68. The minimum atomic E-state index is -0.781. The molecular formula is C13H14F2N4O. The average molecular weight is 280 g/mol. The summed E-state index contributed by atoms with van der Waals surface area (Å²) in [6.07, 6.45) is 1.54. The van der Waals surface area contributed by atoms with E-state index in [2.05, 4.69) is 10.4 Å². The summed E-state index contributed by atoms with van der Waals surface area (Å²) < 4.78 is 28.5. The molecule has 0 bridgehead atoms. The molecule has 0 aliphatic carbocycles. The van der Waals surface area contributed by atoms with Gasteiger partial charge in [-0.2, -0.15) is 5.10 Å². The molecule has 20 heavy (non-hydrogen) atoms. The molecule has 3 N–H and O–H groups in total. The number of hydrogen-bond acceptors (Lipinski definition) is 3. The smallest absolute Gasteiger partial charge is 0.242 e. The van der Waals surface area contributed by atoms with Gasteiger partial charge in [0.15, 0.2) is 0 Å². The monoisotopic (exact) mass is 280 g/mol. The Morgan fingerprint density at radius 3 is 2.60 bits per heavy atom. The summed E-state index contributed by atoms with van der Waals surface area (Å²) in [4.78, 5) is 11.8. The van der Waals surface area contributed by atoms with Gasteiger partial charge in [-0.3, -0.25) is 9.48 Å². The van der Waals surface area contributed by atoms with Crippen LogP contribution < -0.4 is 11.1 Å². The van der Waals surface area contributed by atoms with E-state index in [-0.39, 0.29) is 12.1 Å². The number of carbonyl (C=O) groups is 1. The number of nitrogens with one attached hydrogen (secondary N) is 1. The van der Waals surface area contributed by atoms with E-state index in [0.717, 1.165) is 12.1 Å². The fourth-order valence-electron chi connectivity index (χ4n) is 1.90. The zero-order valence-electron chi connectivity index (χ0n) is 10.8. The Bertz CT molecular complexity index is 606. The van der Waals surface area contributed by atoms with Gasteiger partial charge in [-0.1, -0.05) is 6.07 Å². The molecule has 0 saturated carbocycles. The highest BCUT2D eigenvalue weighted by atomic mass is 19.1. The predicted octanol–water partition coefficient (Wildman–Crippen LogP) is 1.62. The fraction of sp³-hybridized carbons (Fsp3) is 0.231. The maximum absolute atomic E-state index is 13.6. The van der Waals surface area contributed by atoms with Crippen molar-refractivity contribution < 1.29 is 13.6 Å². The van der Waals surface area contributed by atoms with E-state index in [1.54, 1.807) is 12.3 Å². The Morgan fingerprint density at radius 1 is 1.40 bits per heavy atom. The maximum atomic E-state index is 13.6. The van der Waals surface area contributed by atoms with E-state index in [4.69, 9.17) is 5.73 Å². The van der Waals surface area contributed by atoms with Crippen molar-refractivity contribution in [2.24, 2.45) is 0 Å². The molecule has 0 saturated heterocycles. The molecule has 0 spiro atoms. The van der Waals surface area contributed by atoms with E-state index in [1.807, 2.05) is 0 Å². The van der Waals surface area contributed by atoms with Crippen molar-refractivity contribution in [2.75, 3.05) is 5.73 Å². The Hall–Kier alpha value is -2.44. The number of carbonyl (C=O) groups excluding carboxylic acids is 1. The molecule has 1 amide bonds. The minimum absolute atomic E-state index is 0.0718. The molecule has 0 fully saturated rings. The number of nitrogens with two attached hydrogens (primary N) is 1. The number of rotatable bonds is 4. The summed E-state index contributed by atoms with van der Waals surface area (Å²) >= 11 is 0. The average Bonchev–Trinajstić information content (AvgIpc) is 2.74. The molecule has 5 nitrogen and oxygen atoms in total. The third kappa shape index (κ3) is 3.11. The van der Waals surface area contributed by atoms with Gasteiger partial charge in [-0.25, -0.2) is 8.78 Å². The highest BCUT2D eigenvalue weighted by molar-refractivity contribution is 5.76. The Kier molecular flexibility index (Phi) is 3.97. The summed E-state index contributed by atoms with van der Waals surface area (Å²) in [5.74, 6) is -1.50. The highest BCUT2D eigenvalue weighted by Gasteiger charge is 2.18. The van der Waals surface area contributed by atoms with E-state index < -0.39 is 23.6 Å². The first-order valence-electron chi connectivity index (χ1n) is 5.99. The van der Waals surface area contributed by atoms with Gasteiger partial charge in [0.25, 0.3) is 0 Å². The van der Waals surface area contributed by atoms with Crippen LogP contribution in [0.5, 0.6) is 0 Å². The van der Waals surface area contributed by atoms with Crippen LogP contribution in [0.1, 0.15) is 18.5 Å². The lowest BCUT2D eigenvalue weighted by Crippen LogP contribution is -2.31. The van der Waals surface area contributed by atoms with Crippen molar-refractivity contribution in [3.05, 3.63) is 47.7 Å². The minimum Gasteiger partial charge on any atom is -0.382 e. The second-order valence-corrected chi connectivity index (χ2v) is 4.36. The number of aromatic nitrogens is 2. The topological polar surface area (TPSA) is 72.9 Å². The molecule has 1 unspecified atom stereocenters. The largest absolute Gasteiger partial charge is 0.382 e. The van der Waals surface area contributed by atoms with Gasteiger partial charge in [0.05, 0.1) is 6.04 Å². The number of nitrogen functional groups attached to an aromatic ring is 1. The molecule has 1 atom stereocenters. The summed E-state index contributed by atoms with van der Waals surface area (Å²) in [6, 6.07) is 4.34. The van der Waals surface area contributed by atoms with Crippen LogP contribution in [0.15, 0.2) is 30.5 Å². The molecule has 1 heterocycles. The molecular weight excluding hydrogens is 266 g/mol. The lowest BCUT2D eigenvalue weighted by atomic mass is 10.1. The van der Waals surface area contributed by atoms with Crippen LogP contribution in [0.25, 0.3) is 0 Å². The maximum Gasteiger partial charge on any atom is 0.242 e. The number of nitrogens with zero attached hydrogens (tertiary/aromatic N) is 2. The van der Waals surface area contributed by atoms with Gasteiger partial charge in [-0.15, -0.1) is 0 Å². The normalized spacial score (nSPS) is 12.2. The van der Waals surface area contributed by atoms with Crippen molar-refractivity contribution in [1.82, 2.24) is 15.1 Å². The quantitative estimate of drug-likeness (QED) is 0.894. The molecule has 2 aromatic rings. The van der Waals surface area contributed by atoms with Gasteiger partial charge in [0, 0.05) is 11.8 Å². The molecule has 106 valence electrons. The van der Waals surface area contributed by atoms with Crippen LogP contribution in [0.2, 0.25) is 0 Å². The first-order chi connectivity index (χ1) is 9.47. The number of halogens is 2. The first-order valence-corrected chi connectivity index (χ1v) is 5.99. The summed E-state index contributed by atoms with van der Waals surface area (Å²) in [5, 5.41) is 6.37. The van der Waals surface area contributed by atoms with Crippen LogP contribution >= 0.6 is 0 Å². The second-order valence-electron chi connectivity index (χ2n) is 4.36. The van der Waals surface area contributed by atoms with Crippen LogP contribution in [-0.4, -0.2) is 15.7 Å². The van der Waals surface area contributed by atoms with Crippen molar-refractivity contribution in [2.45, 2.75) is 19.5 Å². The third-order valence-corrected chi connectivity index (χ3v) is 2.78. The standard InChI is InChI=1S/C13H14F2N4O/c1-8(13-9(14)3-2-4-10(13)15)17-12(20)7-19-6-5-11(16)18-19/h2-6,8H,7H2,1H3,(H2,16,18)(H,17,20). The third-order valence-electron chi connectivity index (χ3n) is 2.78. The molecule has 1 aromatic heterocycles. The first kappa shape index (κ1) is 14.0. The number of hydrogen-bond donors (Lipinski definition) is 2. The van der Waals surface area contributed by atoms with Gasteiger partial charge >= 0.3 is 0 Å². The Morgan fingerprint density at radius 2 is 2.05 bits per heavy atom. The van der Waals surface area contributed by atoms with Gasteiger partial charge in [0.2, 0.25) is 5.91 Å². The lowest BCUT2D eigenvalue weighted by molar-refractivity contribution is -0.122. The summed E-state index contributed by atoms with van der Waals surface area (Å²) in [7, 11) is 0. The van der Waals surface area contributed by atoms with Crippen molar-refractivity contribution in [3.63, 3.8) is 0 Å². The number of anilines is 1.